The molecule has 1 amide bonds. The van der Waals surface area contributed by atoms with E-state index in [0.29, 0.717) is 6.54 Å². The number of carbonyl (C=O) groups is 1. The molecule has 1 rings (SSSR count). The van der Waals surface area contributed by atoms with Crippen LogP contribution in [0.2, 0.25) is 0 Å². The molecule has 0 aromatic carbocycles. The van der Waals surface area contributed by atoms with Crippen LogP contribution in [0.25, 0.3) is 0 Å². The number of aliphatic hydroxyl groups excluding tert-OH is 1. The second kappa shape index (κ2) is 6.17. The lowest BCUT2D eigenvalue weighted by atomic mass is 9.82. The molecule has 1 aliphatic rings. The number of hydrogen-bond acceptors (Lipinski definition) is 3. The van der Waals surface area contributed by atoms with E-state index in [0.717, 1.165) is 25.9 Å². The molecule has 0 aromatic rings. The molecule has 4 nitrogen and oxygen atoms in total. The molecule has 98 valence electrons. The fourth-order valence-electron chi connectivity index (χ4n) is 2.30. The van der Waals surface area contributed by atoms with E-state index < -0.39 is 0 Å². The maximum atomic E-state index is 11.8. The summed E-state index contributed by atoms with van der Waals surface area (Å²) in [6, 6.07) is -0.138. The van der Waals surface area contributed by atoms with Crippen molar-refractivity contribution in [1.29, 1.82) is 0 Å². The van der Waals surface area contributed by atoms with Crippen LogP contribution in [0.15, 0.2) is 12.7 Å². The molecule has 0 aliphatic carbocycles. The van der Waals surface area contributed by atoms with Crippen molar-refractivity contribution >= 4 is 5.91 Å². The predicted molar refractivity (Wildman–Crippen MR) is 68.7 cm³/mol. The Morgan fingerprint density at radius 3 is 3.00 bits per heavy atom. The highest BCUT2D eigenvalue weighted by Crippen LogP contribution is 2.29. The Morgan fingerprint density at radius 1 is 1.71 bits per heavy atom. The number of likely N-dealkylation sites (tertiary alicyclic amines) is 1. The number of aliphatic hydroxyl groups is 1. The molecule has 2 unspecified atom stereocenters. The van der Waals surface area contributed by atoms with Gasteiger partial charge in [0.15, 0.2) is 0 Å². The van der Waals surface area contributed by atoms with Crippen molar-refractivity contribution in [2.75, 3.05) is 26.2 Å². The second-order valence-corrected chi connectivity index (χ2v) is 5.25. The monoisotopic (exact) mass is 240 g/mol. The number of amides is 1. The maximum Gasteiger partial charge on any atom is 0.237 e. The van der Waals surface area contributed by atoms with E-state index in [2.05, 4.69) is 23.7 Å². The Hall–Kier alpha value is -0.870. The van der Waals surface area contributed by atoms with Gasteiger partial charge < -0.3 is 10.4 Å². The molecule has 4 heteroatoms. The minimum absolute atomic E-state index is 0.0343. The lowest BCUT2D eigenvalue weighted by Crippen LogP contribution is -2.52. The first-order valence-electron chi connectivity index (χ1n) is 6.26. The highest BCUT2D eigenvalue weighted by molar-refractivity contribution is 5.81. The minimum Gasteiger partial charge on any atom is -0.396 e. The third-order valence-electron chi connectivity index (χ3n) is 3.54. The van der Waals surface area contributed by atoms with Gasteiger partial charge in [-0.2, -0.15) is 0 Å². The van der Waals surface area contributed by atoms with Crippen LogP contribution < -0.4 is 5.32 Å². The molecule has 0 aromatic heterocycles. The molecule has 0 bridgehead atoms. The van der Waals surface area contributed by atoms with Gasteiger partial charge in [-0.25, -0.2) is 0 Å². The van der Waals surface area contributed by atoms with Gasteiger partial charge in [-0.1, -0.05) is 13.0 Å². The normalized spacial score (nSPS) is 27.5. The van der Waals surface area contributed by atoms with Crippen molar-refractivity contribution in [2.45, 2.75) is 32.7 Å². The third-order valence-corrected chi connectivity index (χ3v) is 3.54. The van der Waals surface area contributed by atoms with Crippen molar-refractivity contribution in [3.63, 3.8) is 0 Å². The van der Waals surface area contributed by atoms with Gasteiger partial charge in [0.1, 0.15) is 0 Å². The third kappa shape index (κ3) is 3.82. The Balaban J connectivity index is 2.53. The van der Waals surface area contributed by atoms with E-state index in [1.165, 1.54) is 0 Å². The molecule has 0 saturated carbocycles. The lowest BCUT2D eigenvalue weighted by molar-refractivity contribution is -0.127. The number of carbonyl (C=O) groups excluding carboxylic acids is 1. The number of hydrogen-bond donors (Lipinski definition) is 2. The predicted octanol–water partition coefficient (Wildman–Crippen LogP) is 0.771. The van der Waals surface area contributed by atoms with Gasteiger partial charge in [-0.15, -0.1) is 6.58 Å². The smallest absolute Gasteiger partial charge is 0.237 e. The molecule has 0 radical (unpaired) electrons. The van der Waals surface area contributed by atoms with Crippen molar-refractivity contribution in [2.24, 2.45) is 5.41 Å². The molecular weight excluding hydrogens is 216 g/mol. The summed E-state index contributed by atoms with van der Waals surface area (Å²) in [5, 5.41) is 12.2. The molecule has 2 N–H and O–H groups in total. The van der Waals surface area contributed by atoms with Crippen molar-refractivity contribution in [1.82, 2.24) is 10.2 Å². The first-order chi connectivity index (χ1) is 8.02. The largest absolute Gasteiger partial charge is 0.396 e. The second-order valence-electron chi connectivity index (χ2n) is 5.25. The highest BCUT2D eigenvalue weighted by atomic mass is 16.3. The van der Waals surface area contributed by atoms with Crippen LogP contribution >= 0.6 is 0 Å². The number of rotatable bonds is 5. The zero-order chi connectivity index (χ0) is 12.9. The topological polar surface area (TPSA) is 52.6 Å². The van der Waals surface area contributed by atoms with E-state index in [-0.39, 0.29) is 24.0 Å². The van der Waals surface area contributed by atoms with Crippen molar-refractivity contribution in [3.8, 4) is 0 Å². The van der Waals surface area contributed by atoms with E-state index in [1.54, 1.807) is 6.08 Å². The molecule has 2 atom stereocenters. The summed E-state index contributed by atoms with van der Waals surface area (Å²) in [4.78, 5) is 14.0. The molecule has 1 saturated heterocycles. The van der Waals surface area contributed by atoms with Gasteiger partial charge in [0, 0.05) is 25.1 Å². The van der Waals surface area contributed by atoms with Gasteiger partial charge in [0.25, 0.3) is 0 Å². The lowest BCUT2D eigenvalue weighted by Gasteiger charge is -2.41. The highest BCUT2D eigenvalue weighted by Gasteiger charge is 2.34. The molecule has 1 aliphatic heterocycles. The fraction of sp³-hybridized carbons (Fsp3) is 0.769. The van der Waals surface area contributed by atoms with Crippen LogP contribution in [-0.2, 0) is 4.79 Å². The summed E-state index contributed by atoms with van der Waals surface area (Å²) in [7, 11) is 0. The first kappa shape index (κ1) is 14.2. The molecule has 1 heterocycles. The van der Waals surface area contributed by atoms with Crippen molar-refractivity contribution < 1.29 is 9.90 Å². The van der Waals surface area contributed by atoms with Gasteiger partial charge in [0.2, 0.25) is 5.91 Å². The fourth-order valence-corrected chi connectivity index (χ4v) is 2.30. The standard InChI is InChI=1S/C13H24N2O2/c1-4-7-14-12(17)11(2)15-8-5-6-13(3,9-15)10-16/h4,11,16H,1,5-10H2,2-3H3,(H,14,17). The SMILES string of the molecule is C=CCNC(=O)C(C)N1CCCC(C)(CO)C1. The van der Waals surface area contributed by atoms with Gasteiger partial charge >= 0.3 is 0 Å². The van der Waals surface area contributed by atoms with Crippen LogP contribution in [0.1, 0.15) is 26.7 Å². The molecule has 1 fully saturated rings. The summed E-state index contributed by atoms with van der Waals surface area (Å²) < 4.78 is 0. The van der Waals surface area contributed by atoms with Gasteiger partial charge in [0.05, 0.1) is 6.04 Å². The summed E-state index contributed by atoms with van der Waals surface area (Å²) in [5.74, 6) is 0.0343. The van der Waals surface area contributed by atoms with E-state index in [4.69, 9.17) is 0 Å². The van der Waals surface area contributed by atoms with Crippen LogP contribution in [-0.4, -0.2) is 48.2 Å². The summed E-state index contributed by atoms with van der Waals surface area (Å²) in [6.45, 7) is 9.98. The number of nitrogens with zero attached hydrogens (tertiary/aromatic N) is 1. The summed E-state index contributed by atoms with van der Waals surface area (Å²) >= 11 is 0. The zero-order valence-electron chi connectivity index (χ0n) is 10.9. The Kier molecular flexibility index (Phi) is 5.15. The zero-order valence-corrected chi connectivity index (χ0v) is 10.9. The van der Waals surface area contributed by atoms with Crippen LogP contribution in [0, 0.1) is 5.41 Å². The quantitative estimate of drug-likeness (QED) is 0.698. The average molecular weight is 240 g/mol. The van der Waals surface area contributed by atoms with E-state index in [9.17, 15) is 9.90 Å². The van der Waals surface area contributed by atoms with E-state index >= 15 is 0 Å². The Labute approximate surface area is 104 Å². The Morgan fingerprint density at radius 2 is 2.41 bits per heavy atom. The summed E-state index contributed by atoms with van der Waals surface area (Å²) in [5.41, 5.74) is -0.0643. The minimum atomic E-state index is -0.138. The molecule has 0 spiro atoms. The van der Waals surface area contributed by atoms with Crippen LogP contribution in [0.4, 0.5) is 0 Å². The Bertz CT molecular complexity index is 281. The van der Waals surface area contributed by atoms with Gasteiger partial charge in [-0.3, -0.25) is 9.69 Å². The molecular formula is C13H24N2O2. The first-order valence-corrected chi connectivity index (χ1v) is 6.26. The number of nitrogens with one attached hydrogen (secondary N) is 1. The van der Waals surface area contributed by atoms with Crippen LogP contribution in [0.5, 0.6) is 0 Å². The van der Waals surface area contributed by atoms with Crippen LogP contribution in [0.3, 0.4) is 0 Å². The molecule has 17 heavy (non-hydrogen) atoms. The summed E-state index contributed by atoms with van der Waals surface area (Å²) in [6.07, 6.45) is 3.75. The maximum absolute atomic E-state index is 11.8. The van der Waals surface area contributed by atoms with Crippen molar-refractivity contribution in [3.05, 3.63) is 12.7 Å². The average Bonchev–Trinajstić information content (AvgIpc) is 2.35. The number of piperidine rings is 1. The van der Waals surface area contributed by atoms with E-state index in [1.807, 2.05) is 6.92 Å². The van der Waals surface area contributed by atoms with Gasteiger partial charge in [-0.05, 0) is 26.3 Å².